The van der Waals surface area contributed by atoms with E-state index in [4.69, 9.17) is 16.0 Å². The molecule has 1 atom stereocenters. The molecule has 0 radical (unpaired) electrons. The number of furan rings is 1. The second-order valence-electron chi connectivity index (χ2n) is 3.28. The van der Waals surface area contributed by atoms with Gasteiger partial charge in [0, 0.05) is 19.6 Å². The average molecular weight is 226 g/mol. The fourth-order valence-electron chi connectivity index (χ4n) is 1.37. The van der Waals surface area contributed by atoms with Crippen LogP contribution in [0.1, 0.15) is 11.1 Å². The van der Waals surface area contributed by atoms with Gasteiger partial charge in [-0.25, -0.2) is 0 Å². The lowest BCUT2D eigenvalue weighted by atomic mass is 10.3. The van der Waals surface area contributed by atoms with Crippen LogP contribution >= 0.6 is 11.6 Å². The fourth-order valence-corrected chi connectivity index (χ4v) is 1.69. The summed E-state index contributed by atoms with van der Waals surface area (Å²) in [6.45, 7) is 9.75. The minimum Gasteiger partial charge on any atom is -0.468 e. The number of alkyl halides is 1. The fraction of sp³-hybridized carbons (Fsp3) is 0.333. The van der Waals surface area contributed by atoms with Gasteiger partial charge in [-0.1, -0.05) is 12.2 Å². The molecule has 1 heterocycles. The van der Waals surface area contributed by atoms with E-state index in [1.54, 1.807) is 6.26 Å². The Labute approximate surface area is 95.8 Å². The van der Waals surface area contributed by atoms with E-state index >= 15 is 0 Å². The molecule has 0 aromatic carbocycles. The van der Waals surface area contributed by atoms with Crippen LogP contribution in [0.4, 0.5) is 0 Å². The van der Waals surface area contributed by atoms with Crippen molar-refractivity contribution in [2.75, 3.05) is 19.6 Å². The van der Waals surface area contributed by atoms with Crippen LogP contribution in [0.2, 0.25) is 0 Å². The van der Waals surface area contributed by atoms with Crippen molar-refractivity contribution in [1.29, 1.82) is 0 Å². The van der Waals surface area contributed by atoms with Gasteiger partial charge in [-0.15, -0.1) is 24.8 Å². The molecular formula is C12H16ClNO. The van der Waals surface area contributed by atoms with E-state index in [-0.39, 0.29) is 5.38 Å². The Hall–Kier alpha value is -0.990. The maximum atomic E-state index is 6.21. The Morgan fingerprint density at radius 3 is 2.53 bits per heavy atom. The lowest BCUT2D eigenvalue weighted by molar-refractivity contribution is 0.322. The third kappa shape index (κ3) is 3.94. The molecule has 0 aliphatic carbocycles. The minimum absolute atomic E-state index is 0.125. The molecule has 0 amide bonds. The second-order valence-corrected chi connectivity index (χ2v) is 3.81. The zero-order chi connectivity index (χ0) is 11.1. The van der Waals surface area contributed by atoms with Crippen LogP contribution in [-0.2, 0) is 0 Å². The van der Waals surface area contributed by atoms with Crippen molar-refractivity contribution in [2.24, 2.45) is 0 Å². The van der Waals surface area contributed by atoms with E-state index in [9.17, 15) is 0 Å². The predicted molar refractivity (Wildman–Crippen MR) is 64.1 cm³/mol. The first-order chi connectivity index (χ1) is 7.27. The summed E-state index contributed by atoms with van der Waals surface area (Å²) in [6.07, 6.45) is 5.35. The second kappa shape index (κ2) is 6.49. The Bertz CT molecular complexity index is 285. The topological polar surface area (TPSA) is 16.4 Å². The van der Waals surface area contributed by atoms with Crippen LogP contribution in [0.15, 0.2) is 48.1 Å². The molecule has 0 aliphatic rings. The molecule has 82 valence electrons. The Kier molecular flexibility index (Phi) is 5.22. The molecule has 0 aliphatic heterocycles. The van der Waals surface area contributed by atoms with E-state index in [1.807, 2.05) is 24.3 Å². The van der Waals surface area contributed by atoms with Gasteiger partial charge in [0.15, 0.2) is 0 Å². The molecule has 3 heteroatoms. The van der Waals surface area contributed by atoms with Crippen molar-refractivity contribution in [2.45, 2.75) is 5.38 Å². The van der Waals surface area contributed by atoms with Crippen molar-refractivity contribution < 1.29 is 4.42 Å². The highest BCUT2D eigenvalue weighted by atomic mass is 35.5. The molecule has 0 bridgehead atoms. The van der Waals surface area contributed by atoms with Gasteiger partial charge in [0.25, 0.3) is 0 Å². The SMILES string of the molecule is C=CCN(CC=C)CC(Cl)c1ccco1. The number of rotatable bonds is 7. The van der Waals surface area contributed by atoms with E-state index in [2.05, 4.69) is 18.1 Å². The van der Waals surface area contributed by atoms with E-state index in [1.165, 1.54) is 0 Å². The van der Waals surface area contributed by atoms with E-state index in [0.717, 1.165) is 25.4 Å². The summed E-state index contributed by atoms with van der Waals surface area (Å²) in [5.74, 6) is 0.801. The largest absolute Gasteiger partial charge is 0.468 e. The van der Waals surface area contributed by atoms with Crippen molar-refractivity contribution in [3.63, 3.8) is 0 Å². The van der Waals surface area contributed by atoms with Crippen molar-refractivity contribution in [3.8, 4) is 0 Å². The Morgan fingerprint density at radius 2 is 2.07 bits per heavy atom. The van der Waals surface area contributed by atoms with Crippen molar-refractivity contribution in [1.82, 2.24) is 4.90 Å². The number of hydrogen-bond acceptors (Lipinski definition) is 2. The molecule has 0 N–H and O–H groups in total. The summed E-state index contributed by atoms with van der Waals surface area (Å²) >= 11 is 6.21. The first kappa shape index (κ1) is 12.1. The van der Waals surface area contributed by atoms with Gasteiger partial charge in [-0.05, 0) is 12.1 Å². The molecule has 15 heavy (non-hydrogen) atoms. The number of halogens is 1. The summed E-state index contributed by atoms with van der Waals surface area (Å²) < 4.78 is 5.24. The maximum Gasteiger partial charge on any atom is 0.122 e. The van der Waals surface area contributed by atoms with Crippen LogP contribution in [0.25, 0.3) is 0 Å². The first-order valence-electron chi connectivity index (χ1n) is 4.89. The van der Waals surface area contributed by atoms with Gasteiger partial charge in [0.05, 0.1) is 6.26 Å². The van der Waals surface area contributed by atoms with Crippen molar-refractivity contribution in [3.05, 3.63) is 49.5 Å². The molecule has 1 unspecified atom stereocenters. The summed E-state index contributed by atoms with van der Waals surface area (Å²) in [6, 6.07) is 3.73. The van der Waals surface area contributed by atoms with Crippen molar-refractivity contribution >= 4 is 11.6 Å². The highest BCUT2D eigenvalue weighted by Crippen LogP contribution is 2.21. The lowest BCUT2D eigenvalue weighted by Gasteiger charge is -2.20. The average Bonchev–Trinajstić information content (AvgIpc) is 2.71. The third-order valence-corrected chi connectivity index (χ3v) is 2.40. The van der Waals surface area contributed by atoms with Gasteiger partial charge < -0.3 is 4.42 Å². The molecule has 1 aromatic rings. The van der Waals surface area contributed by atoms with Crippen LogP contribution in [0.5, 0.6) is 0 Å². The monoisotopic (exact) mass is 225 g/mol. The summed E-state index contributed by atoms with van der Waals surface area (Å²) in [5, 5.41) is -0.125. The molecule has 0 spiro atoms. The van der Waals surface area contributed by atoms with Crippen LogP contribution in [0, 0.1) is 0 Å². The van der Waals surface area contributed by atoms with Crippen LogP contribution in [-0.4, -0.2) is 24.5 Å². The summed E-state index contributed by atoms with van der Waals surface area (Å²) in [5.41, 5.74) is 0. The Balaban J connectivity index is 2.49. The Morgan fingerprint density at radius 1 is 1.40 bits per heavy atom. The molecule has 2 nitrogen and oxygen atoms in total. The molecule has 1 rings (SSSR count). The zero-order valence-corrected chi connectivity index (χ0v) is 9.49. The van der Waals surface area contributed by atoms with Crippen LogP contribution < -0.4 is 0 Å². The molecule has 0 fully saturated rings. The summed E-state index contributed by atoms with van der Waals surface area (Å²) in [4.78, 5) is 2.15. The van der Waals surface area contributed by atoms with Gasteiger partial charge in [0.1, 0.15) is 11.1 Å². The smallest absolute Gasteiger partial charge is 0.122 e. The summed E-state index contributed by atoms with van der Waals surface area (Å²) in [7, 11) is 0. The van der Waals surface area contributed by atoms with Gasteiger partial charge >= 0.3 is 0 Å². The van der Waals surface area contributed by atoms with Gasteiger partial charge in [0.2, 0.25) is 0 Å². The standard InChI is InChI=1S/C12H16ClNO/c1-3-7-14(8-4-2)10-11(13)12-6-5-9-15-12/h3-6,9,11H,1-2,7-8,10H2. The minimum atomic E-state index is -0.125. The quantitative estimate of drug-likeness (QED) is 0.523. The zero-order valence-electron chi connectivity index (χ0n) is 8.73. The van der Waals surface area contributed by atoms with E-state index < -0.39 is 0 Å². The third-order valence-electron chi connectivity index (χ3n) is 2.04. The first-order valence-corrected chi connectivity index (χ1v) is 5.33. The molecule has 0 saturated heterocycles. The predicted octanol–water partition coefficient (Wildman–Crippen LogP) is 3.23. The maximum absolute atomic E-state index is 6.21. The van der Waals surface area contributed by atoms with Crippen LogP contribution in [0.3, 0.4) is 0 Å². The number of hydrogen-bond donors (Lipinski definition) is 0. The van der Waals surface area contributed by atoms with E-state index in [0.29, 0.717) is 0 Å². The number of nitrogens with zero attached hydrogens (tertiary/aromatic N) is 1. The normalized spacial score (nSPS) is 12.7. The highest BCUT2D eigenvalue weighted by Gasteiger charge is 2.14. The molecule has 0 saturated carbocycles. The van der Waals surface area contributed by atoms with Gasteiger partial charge in [-0.3, -0.25) is 4.90 Å². The highest BCUT2D eigenvalue weighted by molar-refractivity contribution is 6.20. The molecular weight excluding hydrogens is 210 g/mol. The molecule has 1 aromatic heterocycles. The lowest BCUT2D eigenvalue weighted by Crippen LogP contribution is -2.27. The van der Waals surface area contributed by atoms with Gasteiger partial charge in [-0.2, -0.15) is 0 Å².